The molecule has 2 aromatic heterocycles. The van der Waals surface area contributed by atoms with E-state index in [0.29, 0.717) is 18.1 Å². The van der Waals surface area contributed by atoms with E-state index in [-0.39, 0.29) is 11.9 Å². The van der Waals surface area contributed by atoms with Crippen LogP contribution in [-0.4, -0.2) is 32.9 Å². The minimum absolute atomic E-state index is 0.0345. The number of halogens is 2. The minimum atomic E-state index is -0.0345. The van der Waals surface area contributed by atoms with Crippen molar-refractivity contribution >= 4 is 40.0 Å². The van der Waals surface area contributed by atoms with Gasteiger partial charge in [0.25, 0.3) is 5.91 Å². The molecule has 0 spiro atoms. The Morgan fingerprint density at radius 1 is 1.11 bits per heavy atom. The molecular formula is C30H34Cl2N4O2. The molecule has 0 radical (unpaired) electrons. The Labute approximate surface area is 233 Å². The van der Waals surface area contributed by atoms with Gasteiger partial charge >= 0.3 is 0 Å². The zero-order chi connectivity index (χ0) is 27.3. The predicted octanol–water partition coefficient (Wildman–Crippen LogP) is 7.12. The SMILES string of the molecule is Cc1cc(OCCCc2c3n(c4c(-c5c(C)nn(C)c5C)c(Cl)ccc24)CCC(C)NC3=O)cc(C)c1Cl. The van der Waals surface area contributed by atoms with Crippen LogP contribution in [0.5, 0.6) is 5.75 Å². The summed E-state index contributed by atoms with van der Waals surface area (Å²) < 4.78 is 10.2. The lowest BCUT2D eigenvalue weighted by molar-refractivity contribution is 0.0938. The average Bonchev–Trinajstić information content (AvgIpc) is 3.25. The molecule has 200 valence electrons. The number of nitrogens with zero attached hydrogens (tertiary/aromatic N) is 3. The summed E-state index contributed by atoms with van der Waals surface area (Å²) in [6.45, 7) is 11.4. The third-order valence-corrected chi connectivity index (χ3v) is 8.58. The average molecular weight is 554 g/mol. The molecule has 1 unspecified atom stereocenters. The van der Waals surface area contributed by atoms with E-state index >= 15 is 0 Å². The maximum atomic E-state index is 13.5. The van der Waals surface area contributed by atoms with Crippen molar-refractivity contribution in [3.05, 3.63) is 68.1 Å². The van der Waals surface area contributed by atoms with Gasteiger partial charge in [-0.3, -0.25) is 9.48 Å². The Morgan fingerprint density at radius 2 is 1.82 bits per heavy atom. The first-order valence-electron chi connectivity index (χ1n) is 13.1. The van der Waals surface area contributed by atoms with E-state index in [4.69, 9.17) is 27.9 Å². The smallest absolute Gasteiger partial charge is 0.268 e. The summed E-state index contributed by atoms with van der Waals surface area (Å²) in [6.07, 6.45) is 2.31. The van der Waals surface area contributed by atoms with Crippen molar-refractivity contribution in [1.29, 1.82) is 0 Å². The van der Waals surface area contributed by atoms with Crippen LogP contribution in [0.3, 0.4) is 0 Å². The van der Waals surface area contributed by atoms with Crippen LogP contribution in [-0.2, 0) is 20.0 Å². The molecule has 0 saturated heterocycles. The number of amides is 1. The fraction of sp³-hybridized carbons (Fsp3) is 0.400. The molecule has 6 nitrogen and oxygen atoms in total. The van der Waals surface area contributed by atoms with Gasteiger partial charge in [-0.2, -0.15) is 5.10 Å². The summed E-state index contributed by atoms with van der Waals surface area (Å²) in [4.78, 5) is 13.5. The highest BCUT2D eigenvalue weighted by atomic mass is 35.5. The molecule has 4 aromatic rings. The molecule has 1 N–H and O–H groups in total. The molecular weight excluding hydrogens is 519 g/mol. The fourth-order valence-electron chi connectivity index (χ4n) is 5.72. The topological polar surface area (TPSA) is 61.1 Å². The Kier molecular flexibility index (Phi) is 7.23. The van der Waals surface area contributed by atoms with Crippen molar-refractivity contribution in [3.8, 4) is 16.9 Å². The Bertz CT molecular complexity index is 1540. The zero-order valence-corrected chi connectivity index (χ0v) is 24.3. The number of ether oxygens (including phenoxy) is 1. The standard InChI is InChI=1S/C30H34Cl2N4O2/c1-16-14-21(15-17(2)27(16)32)38-13-7-8-22-23-9-10-24(31)26(25-19(4)34-35(6)20(25)5)28(23)36-12-11-18(3)33-30(37)29(22)36/h9-10,14-15,18H,7-8,11-13H2,1-6H3,(H,33,37). The van der Waals surface area contributed by atoms with Crippen molar-refractivity contribution in [2.75, 3.05) is 6.61 Å². The summed E-state index contributed by atoms with van der Waals surface area (Å²) >= 11 is 13.2. The third-order valence-electron chi connectivity index (χ3n) is 7.66. The number of rotatable bonds is 6. The van der Waals surface area contributed by atoms with Crippen molar-refractivity contribution in [1.82, 2.24) is 19.7 Å². The molecule has 0 fully saturated rings. The maximum absolute atomic E-state index is 13.5. The Balaban J connectivity index is 1.57. The first-order valence-corrected chi connectivity index (χ1v) is 13.9. The first kappa shape index (κ1) is 26.6. The first-order chi connectivity index (χ1) is 18.1. The number of carbonyl (C=O) groups is 1. The lowest BCUT2D eigenvalue weighted by Crippen LogP contribution is -2.31. The summed E-state index contributed by atoms with van der Waals surface area (Å²) in [5, 5.41) is 10.3. The molecule has 3 heterocycles. The van der Waals surface area contributed by atoms with Gasteiger partial charge in [0.1, 0.15) is 11.4 Å². The van der Waals surface area contributed by atoms with Crippen molar-refractivity contribution < 1.29 is 9.53 Å². The number of hydrogen-bond donors (Lipinski definition) is 1. The highest BCUT2D eigenvalue weighted by molar-refractivity contribution is 6.35. The second kappa shape index (κ2) is 10.3. The molecule has 38 heavy (non-hydrogen) atoms. The highest BCUT2D eigenvalue weighted by Crippen LogP contribution is 2.42. The summed E-state index contributed by atoms with van der Waals surface area (Å²) in [5.74, 6) is 0.779. The van der Waals surface area contributed by atoms with Crippen LogP contribution in [0.15, 0.2) is 24.3 Å². The number of aryl methyl sites for hydroxylation is 6. The normalized spacial score (nSPS) is 15.5. The van der Waals surface area contributed by atoms with Crippen LogP contribution in [0, 0.1) is 27.7 Å². The van der Waals surface area contributed by atoms with Gasteiger partial charge in [0.2, 0.25) is 0 Å². The number of benzene rings is 2. The van der Waals surface area contributed by atoms with Crippen LogP contribution in [0.2, 0.25) is 10.0 Å². The molecule has 0 bridgehead atoms. The number of fused-ring (bicyclic) bond motifs is 3. The van der Waals surface area contributed by atoms with E-state index in [1.807, 2.05) is 50.7 Å². The fourth-order valence-corrected chi connectivity index (χ4v) is 6.07. The van der Waals surface area contributed by atoms with Crippen LogP contribution >= 0.6 is 23.2 Å². The molecule has 2 aromatic carbocycles. The molecule has 8 heteroatoms. The van der Waals surface area contributed by atoms with Crippen molar-refractivity contribution in [2.45, 2.75) is 66.5 Å². The van der Waals surface area contributed by atoms with Gasteiger partial charge in [-0.15, -0.1) is 0 Å². The van der Waals surface area contributed by atoms with E-state index in [2.05, 4.69) is 34.9 Å². The molecule has 0 aliphatic carbocycles. The van der Waals surface area contributed by atoms with Crippen LogP contribution < -0.4 is 10.1 Å². The monoisotopic (exact) mass is 552 g/mol. The lowest BCUT2D eigenvalue weighted by Gasteiger charge is -2.13. The van der Waals surface area contributed by atoms with Crippen LogP contribution in [0.1, 0.15) is 58.3 Å². The second-order valence-corrected chi connectivity index (χ2v) is 11.2. The molecule has 1 aliphatic heterocycles. The van der Waals surface area contributed by atoms with Gasteiger partial charge in [-0.25, -0.2) is 0 Å². The Morgan fingerprint density at radius 3 is 2.47 bits per heavy atom. The molecule has 5 rings (SSSR count). The number of nitrogens with one attached hydrogen (secondary N) is 1. The summed E-state index contributed by atoms with van der Waals surface area (Å²) in [5.41, 5.74) is 8.72. The molecule has 1 aliphatic rings. The number of carbonyl (C=O) groups excluding carboxylic acids is 1. The molecule has 0 saturated carbocycles. The van der Waals surface area contributed by atoms with E-state index < -0.39 is 0 Å². The summed E-state index contributed by atoms with van der Waals surface area (Å²) in [7, 11) is 1.95. The maximum Gasteiger partial charge on any atom is 0.268 e. The highest BCUT2D eigenvalue weighted by Gasteiger charge is 2.30. The summed E-state index contributed by atoms with van der Waals surface area (Å²) in [6, 6.07) is 8.04. The predicted molar refractivity (Wildman–Crippen MR) is 155 cm³/mol. The van der Waals surface area contributed by atoms with Crippen LogP contribution in [0.25, 0.3) is 22.0 Å². The largest absolute Gasteiger partial charge is 0.494 e. The van der Waals surface area contributed by atoms with Gasteiger partial charge in [-0.1, -0.05) is 29.3 Å². The van der Waals surface area contributed by atoms with E-state index in [9.17, 15) is 4.79 Å². The molecule has 1 amide bonds. The number of aromatic nitrogens is 3. The van der Waals surface area contributed by atoms with E-state index in [0.717, 1.165) is 86.0 Å². The van der Waals surface area contributed by atoms with Gasteiger partial charge < -0.3 is 14.6 Å². The van der Waals surface area contributed by atoms with Crippen molar-refractivity contribution in [2.24, 2.45) is 7.05 Å². The van der Waals surface area contributed by atoms with E-state index in [1.165, 1.54) is 0 Å². The van der Waals surface area contributed by atoms with Gasteiger partial charge in [-0.05, 0) is 88.8 Å². The van der Waals surface area contributed by atoms with Crippen LogP contribution in [0.4, 0.5) is 0 Å². The quantitative estimate of drug-likeness (QED) is 0.259. The molecule has 1 atom stereocenters. The van der Waals surface area contributed by atoms with E-state index in [1.54, 1.807) is 0 Å². The Hall–Kier alpha value is -2.96. The minimum Gasteiger partial charge on any atom is -0.494 e. The number of hydrogen-bond acceptors (Lipinski definition) is 3. The van der Waals surface area contributed by atoms with Crippen molar-refractivity contribution in [3.63, 3.8) is 0 Å². The lowest BCUT2D eigenvalue weighted by atomic mass is 9.98. The second-order valence-electron chi connectivity index (χ2n) is 10.5. The van der Waals surface area contributed by atoms with Gasteiger partial charge in [0, 0.05) is 46.9 Å². The van der Waals surface area contributed by atoms with Gasteiger partial charge in [0.05, 0.1) is 22.8 Å². The van der Waals surface area contributed by atoms with Gasteiger partial charge in [0.15, 0.2) is 0 Å². The zero-order valence-electron chi connectivity index (χ0n) is 22.8. The third kappa shape index (κ3) is 4.58.